The Balaban J connectivity index is 1.99. The minimum Gasteiger partial charge on any atom is -0.490 e. The number of methoxy groups -OCH3 is 1. The van der Waals surface area contributed by atoms with E-state index in [1.807, 2.05) is 17.5 Å². The molecule has 106 valence electrons. The summed E-state index contributed by atoms with van der Waals surface area (Å²) in [6, 6.07) is 7.03. The predicted octanol–water partition coefficient (Wildman–Crippen LogP) is 3.72. The van der Waals surface area contributed by atoms with Crippen LogP contribution in [0.25, 0.3) is 0 Å². The molecule has 0 atom stereocenters. The largest absolute Gasteiger partial charge is 0.490 e. The van der Waals surface area contributed by atoms with Gasteiger partial charge in [-0.3, -0.25) is 10.1 Å². The number of rotatable bonds is 6. The van der Waals surface area contributed by atoms with Crippen LogP contribution < -0.4 is 10.1 Å². The molecule has 1 N–H and O–H groups in total. The fraction of sp³-hybridized carbons (Fsp3) is 0.231. The molecule has 0 amide bonds. The second kappa shape index (κ2) is 6.83. The molecule has 5 nitrogen and oxygen atoms in total. The van der Waals surface area contributed by atoms with E-state index in [1.54, 1.807) is 17.4 Å². The molecule has 1 aromatic heterocycles. The third-order valence-electron chi connectivity index (χ3n) is 2.69. The highest BCUT2D eigenvalue weighted by atomic mass is 79.9. The van der Waals surface area contributed by atoms with Gasteiger partial charge in [0.2, 0.25) is 0 Å². The summed E-state index contributed by atoms with van der Waals surface area (Å²) in [6.45, 7) is 1.30. The van der Waals surface area contributed by atoms with Crippen LogP contribution in [0.3, 0.4) is 0 Å². The van der Waals surface area contributed by atoms with E-state index in [0.717, 1.165) is 16.6 Å². The normalized spacial score (nSPS) is 10.5. The van der Waals surface area contributed by atoms with Crippen molar-refractivity contribution in [2.24, 2.45) is 0 Å². The highest BCUT2D eigenvalue weighted by molar-refractivity contribution is 9.10. The molecule has 0 aliphatic heterocycles. The van der Waals surface area contributed by atoms with E-state index in [-0.39, 0.29) is 11.4 Å². The number of nitro groups is 1. The van der Waals surface area contributed by atoms with E-state index in [9.17, 15) is 10.1 Å². The first-order valence-electron chi connectivity index (χ1n) is 5.85. The zero-order valence-corrected chi connectivity index (χ0v) is 13.2. The minimum absolute atomic E-state index is 0.00864. The number of nitrogens with zero attached hydrogens (tertiary/aromatic N) is 1. The van der Waals surface area contributed by atoms with Crippen molar-refractivity contribution in [2.75, 3.05) is 7.11 Å². The van der Waals surface area contributed by atoms with Crippen molar-refractivity contribution in [2.45, 2.75) is 13.1 Å². The van der Waals surface area contributed by atoms with Crippen molar-refractivity contribution in [3.63, 3.8) is 0 Å². The number of thiophene rings is 1. The van der Waals surface area contributed by atoms with Crippen LogP contribution >= 0.6 is 27.3 Å². The van der Waals surface area contributed by atoms with E-state index in [1.165, 1.54) is 18.1 Å². The van der Waals surface area contributed by atoms with Gasteiger partial charge in [-0.15, -0.1) is 11.3 Å². The lowest BCUT2D eigenvalue weighted by Crippen LogP contribution is -2.12. The fourth-order valence-corrected chi connectivity index (χ4v) is 3.19. The molecule has 2 aromatic rings. The molecule has 7 heteroatoms. The first kappa shape index (κ1) is 15.0. The molecule has 0 fully saturated rings. The Hall–Kier alpha value is -1.44. The van der Waals surface area contributed by atoms with Gasteiger partial charge >= 0.3 is 5.69 Å². The lowest BCUT2D eigenvalue weighted by molar-refractivity contribution is -0.385. The third-order valence-corrected chi connectivity index (χ3v) is 4.39. The Morgan fingerprint density at radius 3 is 2.80 bits per heavy atom. The molecule has 20 heavy (non-hydrogen) atoms. The number of hydrogen-bond acceptors (Lipinski definition) is 5. The van der Waals surface area contributed by atoms with Gasteiger partial charge in [0, 0.05) is 33.9 Å². The number of nitrogens with one attached hydrogen (secondary N) is 1. The third kappa shape index (κ3) is 3.78. The van der Waals surface area contributed by atoms with E-state index in [0.29, 0.717) is 6.54 Å². The van der Waals surface area contributed by atoms with Gasteiger partial charge in [-0.2, -0.15) is 0 Å². The van der Waals surface area contributed by atoms with Crippen molar-refractivity contribution >= 4 is 33.0 Å². The number of halogens is 1. The SMILES string of the molecule is COc1ccc(CNCc2cc(Br)cs2)cc1[N+](=O)[O-]. The first-order valence-corrected chi connectivity index (χ1v) is 7.52. The van der Waals surface area contributed by atoms with Crippen molar-refractivity contribution in [3.8, 4) is 5.75 Å². The van der Waals surface area contributed by atoms with Crippen molar-refractivity contribution in [1.82, 2.24) is 5.32 Å². The lowest BCUT2D eigenvalue weighted by atomic mass is 10.2. The molecule has 0 radical (unpaired) electrons. The molecule has 0 spiro atoms. The van der Waals surface area contributed by atoms with Crippen LogP contribution in [-0.4, -0.2) is 12.0 Å². The minimum atomic E-state index is -0.432. The summed E-state index contributed by atoms with van der Waals surface area (Å²) in [6.07, 6.45) is 0. The van der Waals surface area contributed by atoms with Gasteiger partial charge in [0.25, 0.3) is 0 Å². The fourth-order valence-electron chi connectivity index (χ4n) is 1.76. The second-order valence-corrected chi connectivity index (χ2v) is 6.01. The average molecular weight is 357 g/mol. The van der Waals surface area contributed by atoms with Gasteiger partial charge < -0.3 is 10.1 Å². The number of hydrogen-bond donors (Lipinski definition) is 1. The van der Waals surface area contributed by atoms with E-state index in [2.05, 4.69) is 21.2 Å². The average Bonchev–Trinajstić information content (AvgIpc) is 2.84. The van der Waals surface area contributed by atoms with Crippen LogP contribution in [0.4, 0.5) is 5.69 Å². The summed E-state index contributed by atoms with van der Waals surface area (Å²) in [5, 5.41) is 16.2. The van der Waals surface area contributed by atoms with Crippen molar-refractivity contribution in [3.05, 3.63) is 54.7 Å². The second-order valence-electron chi connectivity index (χ2n) is 4.10. The Morgan fingerprint density at radius 2 is 2.20 bits per heavy atom. The molecule has 0 aliphatic rings. The van der Waals surface area contributed by atoms with Gasteiger partial charge in [0.1, 0.15) is 0 Å². The summed E-state index contributed by atoms with van der Waals surface area (Å²) < 4.78 is 6.04. The van der Waals surface area contributed by atoms with E-state index in [4.69, 9.17) is 4.74 Å². The van der Waals surface area contributed by atoms with Gasteiger partial charge in [-0.05, 0) is 33.6 Å². The molecular formula is C13H13BrN2O3S. The smallest absolute Gasteiger partial charge is 0.311 e. The van der Waals surface area contributed by atoms with Crippen LogP contribution in [0, 0.1) is 10.1 Å². The Labute approximate surface area is 128 Å². The molecular weight excluding hydrogens is 344 g/mol. The Morgan fingerprint density at radius 1 is 1.40 bits per heavy atom. The molecule has 1 heterocycles. The zero-order valence-electron chi connectivity index (χ0n) is 10.8. The lowest BCUT2D eigenvalue weighted by Gasteiger charge is -2.06. The summed E-state index contributed by atoms with van der Waals surface area (Å²) in [5.74, 6) is 0.279. The Kier molecular flexibility index (Phi) is 5.11. The van der Waals surface area contributed by atoms with Crippen LogP contribution in [0.2, 0.25) is 0 Å². The van der Waals surface area contributed by atoms with Crippen LogP contribution in [0.5, 0.6) is 5.75 Å². The highest BCUT2D eigenvalue weighted by Crippen LogP contribution is 2.27. The molecule has 1 aromatic carbocycles. The molecule has 0 unspecified atom stereocenters. The summed E-state index contributed by atoms with van der Waals surface area (Å²) >= 11 is 5.07. The highest BCUT2D eigenvalue weighted by Gasteiger charge is 2.14. The van der Waals surface area contributed by atoms with Gasteiger partial charge in [-0.1, -0.05) is 6.07 Å². The van der Waals surface area contributed by atoms with Crippen LogP contribution in [0.15, 0.2) is 34.1 Å². The number of ether oxygens (including phenoxy) is 1. The molecule has 2 rings (SSSR count). The van der Waals surface area contributed by atoms with Crippen molar-refractivity contribution < 1.29 is 9.66 Å². The van der Waals surface area contributed by atoms with Gasteiger partial charge in [0.05, 0.1) is 12.0 Å². The van der Waals surface area contributed by atoms with Gasteiger partial charge in [0.15, 0.2) is 5.75 Å². The molecule has 0 aliphatic carbocycles. The summed E-state index contributed by atoms with van der Waals surface area (Å²) in [5.41, 5.74) is 0.846. The predicted molar refractivity (Wildman–Crippen MR) is 82.2 cm³/mol. The maximum atomic E-state index is 10.9. The van der Waals surface area contributed by atoms with Gasteiger partial charge in [-0.25, -0.2) is 0 Å². The summed E-state index contributed by atoms with van der Waals surface area (Å²) in [7, 11) is 1.43. The molecule has 0 saturated heterocycles. The number of benzene rings is 1. The first-order chi connectivity index (χ1) is 9.60. The Bertz CT molecular complexity index is 615. The van der Waals surface area contributed by atoms with Crippen molar-refractivity contribution in [1.29, 1.82) is 0 Å². The monoisotopic (exact) mass is 356 g/mol. The molecule has 0 saturated carbocycles. The number of nitro benzene ring substituents is 1. The zero-order chi connectivity index (χ0) is 14.5. The maximum absolute atomic E-state index is 10.9. The quantitative estimate of drug-likeness (QED) is 0.632. The van der Waals surface area contributed by atoms with Crippen LogP contribution in [-0.2, 0) is 13.1 Å². The summed E-state index contributed by atoms with van der Waals surface area (Å²) in [4.78, 5) is 11.7. The molecule has 0 bridgehead atoms. The standard InChI is InChI=1S/C13H13BrN2O3S/c1-19-13-3-2-9(4-12(13)16(17)18)6-15-7-11-5-10(14)8-20-11/h2-5,8,15H,6-7H2,1H3. The van der Waals surface area contributed by atoms with E-state index >= 15 is 0 Å². The van der Waals surface area contributed by atoms with Crippen LogP contribution in [0.1, 0.15) is 10.4 Å². The topological polar surface area (TPSA) is 64.4 Å². The maximum Gasteiger partial charge on any atom is 0.311 e. The van der Waals surface area contributed by atoms with E-state index < -0.39 is 4.92 Å².